The summed E-state index contributed by atoms with van der Waals surface area (Å²) in [6.45, 7) is 3.44. The van der Waals surface area contributed by atoms with Crippen molar-refractivity contribution in [2.24, 2.45) is 5.92 Å². The van der Waals surface area contributed by atoms with Crippen molar-refractivity contribution in [3.05, 3.63) is 34.9 Å². The van der Waals surface area contributed by atoms with Gasteiger partial charge in [0.15, 0.2) is 0 Å². The van der Waals surface area contributed by atoms with Gasteiger partial charge in [-0.15, -0.1) is 0 Å². The van der Waals surface area contributed by atoms with Crippen molar-refractivity contribution in [1.29, 1.82) is 0 Å². The van der Waals surface area contributed by atoms with Gasteiger partial charge in [-0.05, 0) is 48.3 Å². The number of hydrogen-bond donors (Lipinski definition) is 1. The average molecular weight is 271 g/mol. The van der Waals surface area contributed by atoms with Gasteiger partial charge >= 0.3 is 0 Å². The number of hydroxylamine groups is 1. The molecule has 1 aromatic carbocycles. The zero-order valence-corrected chi connectivity index (χ0v) is 11.1. The molecule has 1 unspecified atom stereocenters. The summed E-state index contributed by atoms with van der Waals surface area (Å²) in [7, 11) is 0. The zero-order valence-electron chi connectivity index (χ0n) is 11.1. The number of benzene rings is 1. The van der Waals surface area contributed by atoms with Crippen LogP contribution < -0.4 is 5.06 Å². The maximum absolute atomic E-state index is 11.9. The molecule has 0 saturated carbocycles. The minimum atomic E-state index is -0.539. The van der Waals surface area contributed by atoms with Crippen LogP contribution in [-0.4, -0.2) is 22.7 Å². The minimum absolute atomic E-state index is 0.350. The number of allylic oxidation sites excluding steroid dienone is 2. The Bertz CT molecular complexity index is 702. The van der Waals surface area contributed by atoms with E-state index in [-0.39, 0.29) is 11.8 Å². The van der Waals surface area contributed by atoms with Crippen molar-refractivity contribution in [1.82, 2.24) is 0 Å². The molecule has 5 nitrogen and oxygen atoms in total. The lowest BCUT2D eigenvalue weighted by molar-refractivity contribution is -0.127. The van der Waals surface area contributed by atoms with Gasteiger partial charge in [0.25, 0.3) is 5.91 Å². The zero-order chi connectivity index (χ0) is 14.6. The van der Waals surface area contributed by atoms with Crippen molar-refractivity contribution in [3.63, 3.8) is 0 Å². The highest BCUT2D eigenvalue weighted by Crippen LogP contribution is 2.36. The first-order chi connectivity index (χ1) is 9.40. The number of fused-ring (bicyclic) bond motifs is 2. The largest absolute Gasteiger partial charge is 0.286 e. The summed E-state index contributed by atoms with van der Waals surface area (Å²) in [5, 5.41) is 10.6. The molecule has 1 amide bonds. The van der Waals surface area contributed by atoms with E-state index in [0.29, 0.717) is 39.4 Å². The van der Waals surface area contributed by atoms with Crippen LogP contribution in [0.15, 0.2) is 18.2 Å². The van der Waals surface area contributed by atoms with Gasteiger partial charge in [0.2, 0.25) is 11.6 Å². The predicted octanol–water partition coefficient (Wildman–Crippen LogP) is 1.77. The molecule has 102 valence electrons. The fraction of sp³-hybridized carbons (Fsp3) is 0.267. The Kier molecular flexibility index (Phi) is 2.62. The molecule has 1 atom stereocenters. The quantitative estimate of drug-likeness (QED) is 0.576. The van der Waals surface area contributed by atoms with Crippen LogP contribution in [0, 0.1) is 5.92 Å². The molecule has 1 heterocycles. The van der Waals surface area contributed by atoms with E-state index in [2.05, 4.69) is 0 Å². The summed E-state index contributed by atoms with van der Waals surface area (Å²) >= 11 is 0. The molecule has 3 rings (SSSR count). The van der Waals surface area contributed by atoms with Crippen molar-refractivity contribution in [2.45, 2.75) is 20.3 Å². The van der Waals surface area contributed by atoms with Gasteiger partial charge in [0.05, 0.1) is 5.69 Å². The van der Waals surface area contributed by atoms with Crippen LogP contribution in [0.25, 0.3) is 5.57 Å². The molecular weight excluding hydrogens is 258 g/mol. The van der Waals surface area contributed by atoms with E-state index in [1.165, 1.54) is 6.08 Å². The van der Waals surface area contributed by atoms with E-state index in [1.807, 2.05) is 0 Å². The standard InChI is InChI=1S/C15H13NO4/c1-7-4-13(17)14(18)11-5-9-3-8(2)15(19)16(20)12(9)6-10(7)11/h4-6,8,20H,3H2,1-2H3. The normalized spacial score (nSPS) is 21.6. The van der Waals surface area contributed by atoms with E-state index >= 15 is 0 Å². The second-order valence-corrected chi connectivity index (χ2v) is 5.30. The molecule has 2 aliphatic rings. The molecule has 0 bridgehead atoms. The first-order valence-electron chi connectivity index (χ1n) is 6.37. The maximum atomic E-state index is 11.9. The summed E-state index contributed by atoms with van der Waals surface area (Å²) in [4.78, 5) is 35.3. The van der Waals surface area contributed by atoms with Gasteiger partial charge in [-0.1, -0.05) is 6.92 Å². The van der Waals surface area contributed by atoms with Gasteiger partial charge in [0.1, 0.15) is 0 Å². The highest BCUT2D eigenvalue weighted by molar-refractivity contribution is 6.50. The van der Waals surface area contributed by atoms with Crippen LogP contribution in [0.3, 0.4) is 0 Å². The van der Waals surface area contributed by atoms with E-state index < -0.39 is 11.6 Å². The Morgan fingerprint density at radius 1 is 1.20 bits per heavy atom. The molecule has 0 spiro atoms. The third kappa shape index (κ3) is 1.63. The number of amides is 1. The highest BCUT2D eigenvalue weighted by atomic mass is 16.5. The summed E-state index contributed by atoms with van der Waals surface area (Å²) in [6, 6.07) is 3.22. The van der Waals surface area contributed by atoms with E-state index in [9.17, 15) is 19.6 Å². The van der Waals surface area contributed by atoms with Crippen LogP contribution in [0.4, 0.5) is 5.69 Å². The van der Waals surface area contributed by atoms with Crippen LogP contribution >= 0.6 is 0 Å². The number of anilines is 1. The molecular formula is C15H13NO4. The summed E-state index contributed by atoms with van der Waals surface area (Å²) < 4.78 is 0. The summed E-state index contributed by atoms with van der Waals surface area (Å²) in [6.07, 6.45) is 1.73. The monoisotopic (exact) mass is 271 g/mol. The molecule has 1 aromatic rings. The van der Waals surface area contributed by atoms with Gasteiger partial charge in [-0.2, -0.15) is 5.06 Å². The number of hydrogen-bond acceptors (Lipinski definition) is 4. The SMILES string of the molecule is CC1=CC(=O)C(=O)c2cc3c(cc21)N(O)C(=O)C(C)C3. The molecule has 1 N–H and O–H groups in total. The Hall–Kier alpha value is -2.27. The summed E-state index contributed by atoms with van der Waals surface area (Å²) in [5.74, 6) is -1.79. The molecule has 0 fully saturated rings. The fourth-order valence-electron chi connectivity index (χ4n) is 2.73. The number of Topliss-reactive ketones (excluding diaryl/α,β-unsaturated/α-hetero) is 1. The molecule has 1 aliphatic carbocycles. The molecule has 1 aliphatic heterocycles. The number of nitrogens with zero attached hydrogens (tertiary/aromatic N) is 1. The average Bonchev–Trinajstić information content (AvgIpc) is 2.41. The van der Waals surface area contributed by atoms with Crippen LogP contribution in [0.1, 0.15) is 35.3 Å². The lowest BCUT2D eigenvalue weighted by atomic mass is 9.84. The number of ketones is 2. The molecule has 20 heavy (non-hydrogen) atoms. The first kappa shape index (κ1) is 12.7. The van der Waals surface area contributed by atoms with Crippen molar-refractivity contribution >= 4 is 28.7 Å². The smallest absolute Gasteiger partial charge is 0.253 e. The minimum Gasteiger partial charge on any atom is -0.286 e. The number of rotatable bonds is 0. The van der Waals surface area contributed by atoms with Crippen LogP contribution in [0.5, 0.6) is 0 Å². The first-order valence-corrected chi connectivity index (χ1v) is 6.37. The Morgan fingerprint density at radius 2 is 1.90 bits per heavy atom. The van der Waals surface area contributed by atoms with Crippen molar-refractivity contribution in [3.8, 4) is 0 Å². The molecule has 0 saturated heterocycles. The lowest BCUT2D eigenvalue weighted by Crippen LogP contribution is -2.38. The van der Waals surface area contributed by atoms with Gasteiger partial charge in [-0.3, -0.25) is 19.6 Å². The number of carbonyl (C=O) groups excluding carboxylic acids is 3. The topological polar surface area (TPSA) is 74.7 Å². The van der Waals surface area contributed by atoms with E-state index in [0.717, 1.165) is 0 Å². The van der Waals surface area contributed by atoms with Gasteiger partial charge in [-0.25, -0.2) is 0 Å². The Balaban J connectivity index is 2.24. The lowest BCUT2D eigenvalue weighted by Gasteiger charge is -2.29. The van der Waals surface area contributed by atoms with Crippen LogP contribution in [0.2, 0.25) is 0 Å². The van der Waals surface area contributed by atoms with Gasteiger partial charge < -0.3 is 0 Å². The summed E-state index contributed by atoms with van der Waals surface area (Å²) in [5.41, 5.74) is 2.70. The fourth-order valence-corrected chi connectivity index (χ4v) is 2.73. The second-order valence-electron chi connectivity index (χ2n) is 5.30. The third-order valence-electron chi connectivity index (χ3n) is 3.84. The molecule has 0 radical (unpaired) electrons. The second kappa shape index (κ2) is 4.11. The Morgan fingerprint density at radius 3 is 2.60 bits per heavy atom. The van der Waals surface area contributed by atoms with E-state index in [1.54, 1.807) is 26.0 Å². The Labute approximate surface area is 115 Å². The predicted molar refractivity (Wildman–Crippen MR) is 71.6 cm³/mol. The van der Waals surface area contributed by atoms with Gasteiger partial charge in [0, 0.05) is 11.5 Å². The van der Waals surface area contributed by atoms with E-state index in [4.69, 9.17) is 0 Å². The molecule has 0 aromatic heterocycles. The number of carbonyl (C=O) groups is 3. The van der Waals surface area contributed by atoms with Crippen LogP contribution in [-0.2, 0) is 16.0 Å². The maximum Gasteiger partial charge on any atom is 0.253 e. The molecule has 5 heteroatoms. The van der Waals surface area contributed by atoms with Crippen molar-refractivity contribution in [2.75, 3.05) is 5.06 Å². The third-order valence-corrected chi connectivity index (χ3v) is 3.84. The highest BCUT2D eigenvalue weighted by Gasteiger charge is 2.33. The van der Waals surface area contributed by atoms with Crippen molar-refractivity contribution < 1.29 is 19.6 Å².